The molecular formula is C30H31Cl3N4O6. The molecule has 2 fully saturated rings. The second-order valence-corrected chi connectivity index (χ2v) is 12.8. The number of alkyl halides is 3. The Kier molecular flexibility index (Phi) is 10.1. The number of ether oxygens (including phenoxy) is 2. The Morgan fingerprint density at radius 2 is 1.67 bits per heavy atom. The molecule has 2 heterocycles. The maximum Gasteiger partial charge on any atom is 0.276 e. The van der Waals surface area contributed by atoms with E-state index in [9.17, 15) is 20.0 Å². The Morgan fingerprint density at radius 1 is 0.977 bits per heavy atom. The van der Waals surface area contributed by atoms with Crippen LogP contribution in [0.5, 0.6) is 0 Å². The predicted molar refractivity (Wildman–Crippen MR) is 166 cm³/mol. The molecule has 0 spiro atoms. The SMILES string of the molecule is O=C(Nc1cccc([C@H]2O[C@@H](CN3CCN(c4ccc([N+](=O)[O-])cc4)CC3)C[C@@H](c3ccc(CO)cc3)O2)c1)C(Cl)(Cl)Cl. The number of hydrogen-bond donors (Lipinski definition) is 2. The number of carbonyl (C=O) groups is 1. The van der Waals surface area contributed by atoms with E-state index in [1.54, 1.807) is 30.3 Å². The highest BCUT2D eigenvalue weighted by Crippen LogP contribution is 2.39. The summed E-state index contributed by atoms with van der Waals surface area (Å²) in [5.41, 5.74) is 3.96. The molecule has 228 valence electrons. The fraction of sp³-hybridized carbons (Fsp3) is 0.367. The Morgan fingerprint density at radius 3 is 2.30 bits per heavy atom. The van der Waals surface area contributed by atoms with Crippen molar-refractivity contribution in [1.29, 1.82) is 0 Å². The van der Waals surface area contributed by atoms with Gasteiger partial charge in [-0.3, -0.25) is 19.8 Å². The van der Waals surface area contributed by atoms with Crippen LogP contribution in [0.4, 0.5) is 17.1 Å². The minimum atomic E-state index is -2.10. The van der Waals surface area contributed by atoms with Crippen molar-refractivity contribution in [2.24, 2.45) is 0 Å². The van der Waals surface area contributed by atoms with Crippen LogP contribution in [0, 0.1) is 10.1 Å². The van der Waals surface area contributed by atoms with Gasteiger partial charge in [-0.25, -0.2) is 0 Å². The molecule has 2 N–H and O–H groups in total. The average molecular weight is 650 g/mol. The molecule has 0 aromatic heterocycles. The van der Waals surface area contributed by atoms with Gasteiger partial charge in [-0.1, -0.05) is 71.2 Å². The van der Waals surface area contributed by atoms with Crippen molar-refractivity contribution in [2.45, 2.75) is 35.3 Å². The lowest BCUT2D eigenvalue weighted by Gasteiger charge is -2.41. The Balaban J connectivity index is 1.28. The first-order valence-electron chi connectivity index (χ1n) is 13.8. The zero-order valence-corrected chi connectivity index (χ0v) is 25.3. The summed E-state index contributed by atoms with van der Waals surface area (Å²) in [5.74, 6) is -0.771. The molecule has 0 aliphatic carbocycles. The Bertz CT molecular complexity index is 1410. The summed E-state index contributed by atoms with van der Waals surface area (Å²) in [4.78, 5) is 27.4. The first-order valence-corrected chi connectivity index (χ1v) is 14.9. The number of rotatable bonds is 8. The van der Waals surface area contributed by atoms with E-state index in [1.165, 1.54) is 12.1 Å². The maximum absolute atomic E-state index is 12.2. The standard InChI is InChI=1S/C30H31Cl3N4O6/c31-30(32,33)29(39)34-23-3-1-2-22(16-23)28-42-26(17-27(43-28)21-6-4-20(19-38)5-7-21)18-35-12-14-36(15-13-35)24-8-10-25(11-9-24)37(40)41/h1-11,16,26-28,38H,12-15,17-19H2,(H,34,39)/t26-,27+,28+/m1/s1. The van der Waals surface area contributed by atoms with Gasteiger partial charge in [-0.2, -0.15) is 0 Å². The molecule has 2 aliphatic heterocycles. The number of non-ortho nitro benzene ring substituents is 1. The van der Waals surface area contributed by atoms with Gasteiger partial charge in [0.25, 0.3) is 15.4 Å². The van der Waals surface area contributed by atoms with Crippen LogP contribution < -0.4 is 10.2 Å². The van der Waals surface area contributed by atoms with Gasteiger partial charge in [0.15, 0.2) is 6.29 Å². The number of aliphatic hydroxyl groups is 1. The van der Waals surface area contributed by atoms with Crippen molar-refractivity contribution in [2.75, 3.05) is 42.9 Å². The fourth-order valence-corrected chi connectivity index (χ4v) is 5.40. The lowest BCUT2D eigenvalue weighted by molar-refractivity contribution is -0.384. The molecule has 1 amide bonds. The van der Waals surface area contributed by atoms with Crippen molar-refractivity contribution >= 4 is 57.8 Å². The van der Waals surface area contributed by atoms with Crippen LogP contribution in [0.25, 0.3) is 0 Å². The molecule has 2 aliphatic rings. The number of nitro benzene ring substituents is 1. The summed E-state index contributed by atoms with van der Waals surface area (Å²) in [6, 6.07) is 21.3. The zero-order valence-electron chi connectivity index (χ0n) is 23.1. The number of nitro groups is 1. The number of nitrogens with one attached hydrogen (secondary N) is 1. The van der Waals surface area contributed by atoms with Gasteiger partial charge >= 0.3 is 0 Å². The highest BCUT2D eigenvalue weighted by atomic mass is 35.6. The summed E-state index contributed by atoms with van der Waals surface area (Å²) in [6.07, 6.45) is -0.516. The normalized spacial score (nSPS) is 21.4. The van der Waals surface area contributed by atoms with E-state index in [0.717, 1.165) is 43.0 Å². The fourth-order valence-electron chi connectivity index (χ4n) is 5.26. The first-order chi connectivity index (χ1) is 20.6. The van der Waals surface area contributed by atoms with Crippen LogP contribution in [0.1, 0.15) is 35.5 Å². The molecule has 3 aromatic rings. The van der Waals surface area contributed by atoms with Gasteiger partial charge in [0.05, 0.1) is 23.7 Å². The van der Waals surface area contributed by atoms with Crippen molar-refractivity contribution < 1.29 is 24.3 Å². The molecule has 3 aromatic carbocycles. The number of aliphatic hydroxyl groups excluding tert-OH is 1. The lowest BCUT2D eigenvalue weighted by Crippen LogP contribution is -2.49. The highest BCUT2D eigenvalue weighted by Gasteiger charge is 2.35. The average Bonchev–Trinajstić information content (AvgIpc) is 3.01. The summed E-state index contributed by atoms with van der Waals surface area (Å²) in [5, 5.41) is 23.1. The van der Waals surface area contributed by atoms with Gasteiger partial charge in [-0.05, 0) is 35.4 Å². The molecule has 0 bridgehead atoms. The summed E-state index contributed by atoms with van der Waals surface area (Å²) in [7, 11) is 0. The molecular weight excluding hydrogens is 619 g/mol. The van der Waals surface area contributed by atoms with E-state index in [2.05, 4.69) is 15.1 Å². The minimum absolute atomic E-state index is 0.0429. The Hall–Kier alpha value is -2.96. The molecule has 2 saturated heterocycles. The minimum Gasteiger partial charge on any atom is -0.392 e. The number of benzene rings is 3. The molecule has 0 radical (unpaired) electrons. The predicted octanol–water partition coefficient (Wildman–Crippen LogP) is 5.76. The summed E-state index contributed by atoms with van der Waals surface area (Å²) < 4.78 is 10.8. The maximum atomic E-state index is 12.2. The van der Waals surface area contributed by atoms with Crippen molar-refractivity contribution in [3.05, 3.63) is 99.6 Å². The summed E-state index contributed by atoms with van der Waals surface area (Å²) >= 11 is 17.2. The Labute approximate surface area is 264 Å². The smallest absolute Gasteiger partial charge is 0.276 e. The van der Waals surface area contributed by atoms with Crippen LogP contribution >= 0.6 is 34.8 Å². The molecule has 5 rings (SSSR count). The third-order valence-electron chi connectivity index (χ3n) is 7.55. The molecule has 10 nitrogen and oxygen atoms in total. The number of nitrogens with zero attached hydrogens (tertiary/aromatic N) is 3. The van der Waals surface area contributed by atoms with E-state index in [-0.39, 0.29) is 24.5 Å². The second-order valence-electron chi connectivity index (χ2n) is 10.5. The largest absolute Gasteiger partial charge is 0.392 e. The van der Waals surface area contributed by atoms with Crippen LogP contribution in [0.2, 0.25) is 0 Å². The topological polar surface area (TPSA) is 117 Å². The second kappa shape index (κ2) is 13.8. The zero-order chi connectivity index (χ0) is 30.6. The van der Waals surface area contributed by atoms with Gasteiger partial charge in [0, 0.05) is 68.2 Å². The lowest BCUT2D eigenvalue weighted by atomic mass is 9.99. The van der Waals surface area contributed by atoms with Crippen LogP contribution in [0.3, 0.4) is 0 Å². The molecule has 0 unspecified atom stereocenters. The van der Waals surface area contributed by atoms with E-state index >= 15 is 0 Å². The van der Waals surface area contributed by atoms with Crippen molar-refractivity contribution in [1.82, 2.24) is 4.90 Å². The van der Waals surface area contributed by atoms with Crippen molar-refractivity contribution in [3.8, 4) is 0 Å². The van der Waals surface area contributed by atoms with E-state index in [0.29, 0.717) is 24.2 Å². The molecule has 13 heteroatoms. The van der Waals surface area contributed by atoms with Crippen LogP contribution in [0.15, 0.2) is 72.8 Å². The monoisotopic (exact) mass is 648 g/mol. The molecule has 3 atom stereocenters. The number of halogens is 3. The number of anilines is 2. The highest BCUT2D eigenvalue weighted by molar-refractivity contribution is 6.76. The van der Waals surface area contributed by atoms with E-state index < -0.39 is 20.9 Å². The molecule has 43 heavy (non-hydrogen) atoms. The van der Waals surface area contributed by atoms with E-state index in [4.69, 9.17) is 44.3 Å². The third-order valence-corrected chi connectivity index (χ3v) is 8.06. The first kappa shape index (κ1) is 31.5. The van der Waals surface area contributed by atoms with Gasteiger partial charge in [0.1, 0.15) is 0 Å². The van der Waals surface area contributed by atoms with Crippen LogP contribution in [-0.4, -0.2) is 63.5 Å². The van der Waals surface area contributed by atoms with Gasteiger partial charge < -0.3 is 24.8 Å². The number of piperazine rings is 1. The van der Waals surface area contributed by atoms with Crippen molar-refractivity contribution in [3.63, 3.8) is 0 Å². The molecule has 0 saturated carbocycles. The quantitative estimate of drug-likeness (QED) is 0.180. The third kappa shape index (κ3) is 8.16. The van der Waals surface area contributed by atoms with Crippen LogP contribution in [-0.2, 0) is 20.9 Å². The number of carbonyl (C=O) groups excluding carboxylic acids is 1. The summed E-state index contributed by atoms with van der Waals surface area (Å²) in [6.45, 7) is 3.80. The van der Waals surface area contributed by atoms with Gasteiger partial charge in [0.2, 0.25) is 0 Å². The number of hydrogen-bond acceptors (Lipinski definition) is 8. The van der Waals surface area contributed by atoms with E-state index in [1.807, 2.05) is 30.3 Å². The number of amides is 1. The van der Waals surface area contributed by atoms with Gasteiger partial charge in [-0.15, -0.1) is 0 Å².